The van der Waals surface area contributed by atoms with Crippen molar-refractivity contribution in [2.45, 2.75) is 96.5 Å². The van der Waals surface area contributed by atoms with Crippen LogP contribution in [0.2, 0.25) is 0 Å². The molecule has 4 atom stereocenters. The monoisotopic (exact) mass is 645 g/mol. The van der Waals surface area contributed by atoms with Gasteiger partial charge in [0.1, 0.15) is 0 Å². The highest BCUT2D eigenvalue weighted by Crippen LogP contribution is 2.57. The Balaban J connectivity index is 0.000000197. The summed E-state index contributed by atoms with van der Waals surface area (Å²) < 4.78 is 16.5. The number of hydrogen-bond donors (Lipinski definition) is 3. The molecule has 2 aromatic carbocycles. The minimum Gasteiger partial charge on any atom is -0.493 e. The SMILES string of the molecule is CC(C)c1ccc2c(c1)CC[C@H]1[C@](C)(CN)CCC[C@]21C.COc1cc(Br)c(CCN)cc1OC.NC[C@H]1CCCO1. The van der Waals surface area contributed by atoms with Crippen LogP contribution in [0.25, 0.3) is 0 Å². The van der Waals surface area contributed by atoms with Gasteiger partial charge in [0, 0.05) is 17.6 Å². The van der Waals surface area contributed by atoms with Crippen LogP contribution in [0.1, 0.15) is 94.4 Å². The van der Waals surface area contributed by atoms with E-state index in [1.54, 1.807) is 25.3 Å². The van der Waals surface area contributed by atoms with Gasteiger partial charge in [0.05, 0.1) is 20.3 Å². The molecule has 2 aliphatic carbocycles. The van der Waals surface area contributed by atoms with E-state index < -0.39 is 0 Å². The van der Waals surface area contributed by atoms with E-state index in [2.05, 4.69) is 61.8 Å². The molecule has 42 heavy (non-hydrogen) atoms. The molecule has 236 valence electrons. The van der Waals surface area contributed by atoms with Gasteiger partial charge in [-0.05, 0) is 115 Å². The second-order valence-corrected chi connectivity index (χ2v) is 13.9. The predicted octanol–water partition coefficient (Wildman–Crippen LogP) is 6.87. The molecular formula is C35H56BrN3O3. The van der Waals surface area contributed by atoms with Crippen LogP contribution in [0.5, 0.6) is 11.5 Å². The van der Waals surface area contributed by atoms with Crippen LogP contribution in [0.4, 0.5) is 0 Å². The lowest BCUT2D eigenvalue weighted by Crippen LogP contribution is -2.51. The van der Waals surface area contributed by atoms with Gasteiger partial charge in [0.25, 0.3) is 0 Å². The normalized spacial score (nSPS) is 26.3. The highest BCUT2D eigenvalue weighted by molar-refractivity contribution is 9.10. The molecule has 1 saturated heterocycles. The van der Waals surface area contributed by atoms with Crippen molar-refractivity contribution in [1.29, 1.82) is 0 Å². The summed E-state index contributed by atoms with van der Waals surface area (Å²) >= 11 is 3.46. The van der Waals surface area contributed by atoms with E-state index in [9.17, 15) is 0 Å². The summed E-state index contributed by atoms with van der Waals surface area (Å²) in [5.41, 5.74) is 23.5. The number of hydrogen-bond acceptors (Lipinski definition) is 6. The molecule has 6 nitrogen and oxygen atoms in total. The minimum atomic E-state index is 0.335. The third kappa shape index (κ3) is 8.09. The maximum atomic E-state index is 6.19. The van der Waals surface area contributed by atoms with Crippen LogP contribution in [-0.4, -0.2) is 46.6 Å². The Morgan fingerprint density at radius 1 is 0.976 bits per heavy atom. The van der Waals surface area contributed by atoms with E-state index >= 15 is 0 Å². The Morgan fingerprint density at radius 2 is 1.69 bits per heavy atom. The van der Waals surface area contributed by atoms with Crippen molar-refractivity contribution in [3.05, 3.63) is 57.1 Å². The second kappa shape index (κ2) is 15.9. The third-order valence-electron chi connectivity index (χ3n) is 9.89. The number of rotatable bonds is 7. The Morgan fingerprint density at radius 3 is 2.24 bits per heavy atom. The van der Waals surface area contributed by atoms with Crippen LogP contribution in [0.15, 0.2) is 34.8 Å². The fourth-order valence-electron chi connectivity index (χ4n) is 7.32. The number of aryl methyl sites for hydroxylation is 1. The molecule has 0 spiro atoms. The standard InChI is InChI=1S/C20H31N.C10H14BrNO2.C5H11NO/c1-14(2)15-6-8-17-16(12-15)7-9-18-19(3,13-21)10-5-11-20(17,18)4;1-13-9-5-7(3-4-12)8(11)6-10(9)14-2;6-4-5-2-1-3-7-5/h6,8,12,14,18H,5,7,9-11,13,21H2,1-4H3;5-6H,3-4,12H2,1-2H3;5H,1-4,6H2/t18-,19-,20+;;5-/m0.1/s1. The Bertz CT molecular complexity index is 1140. The van der Waals surface area contributed by atoms with Crippen molar-refractivity contribution in [3.63, 3.8) is 0 Å². The first-order chi connectivity index (χ1) is 20.1. The molecule has 2 fully saturated rings. The molecule has 5 rings (SSSR count). The highest BCUT2D eigenvalue weighted by atomic mass is 79.9. The molecule has 0 aromatic heterocycles. The molecule has 7 heteroatoms. The zero-order valence-corrected chi connectivity index (χ0v) is 28.5. The Hall–Kier alpha value is -1.64. The number of fused-ring (bicyclic) bond motifs is 3. The molecule has 1 saturated carbocycles. The molecule has 0 radical (unpaired) electrons. The van der Waals surface area contributed by atoms with Crippen molar-refractivity contribution in [1.82, 2.24) is 0 Å². The maximum absolute atomic E-state index is 6.19. The number of ether oxygens (including phenoxy) is 3. The Labute approximate surface area is 263 Å². The lowest BCUT2D eigenvalue weighted by molar-refractivity contribution is 0.0326. The van der Waals surface area contributed by atoms with Gasteiger partial charge in [-0.3, -0.25) is 0 Å². The van der Waals surface area contributed by atoms with E-state index in [1.165, 1.54) is 44.1 Å². The third-order valence-corrected chi connectivity index (χ3v) is 10.6. The van der Waals surface area contributed by atoms with E-state index in [0.717, 1.165) is 53.4 Å². The van der Waals surface area contributed by atoms with Gasteiger partial charge in [0.15, 0.2) is 11.5 Å². The quantitative estimate of drug-likeness (QED) is 0.303. The van der Waals surface area contributed by atoms with E-state index in [-0.39, 0.29) is 0 Å². The fraction of sp³-hybridized carbons (Fsp3) is 0.657. The molecule has 2 aromatic rings. The maximum Gasteiger partial charge on any atom is 0.161 e. The molecule has 0 amide bonds. The zero-order valence-electron chi connectivity index (χ0n) is 26.9. The fourth-order valence-corrected chi connectivity index (χ4v) is 7.84. The number of benzene rings is 2. The van der Waals surface area contributed by atoms with Crippen LogP contribution < -0.4 is 26.7 Å². The Kier molecular flexibility index (Phi) is 13.2. The summed E-state index contributed by atoms with van der Waals surface area (Å²) in [6.07, 6.45) is 10.1. The first-order valence-electron chi connectivity index (χ1n) is 15.8. The molecule has 0 bridgehead atoms. The zero-order chi connectivity index (χ0) is 30.9. The van der Waals surface area contributed by atoms with Gasteiger partial charge in [-0.2, -0.15) is 0 Å². The summed E-state index contributed by atoms with van der Waals surface area (Å²) in [5, 5.41) is 0. The average Bonchev–Trinajstić information content (AvgIpc) is 3.53. The number of methoxy groups -OCH3 is 2. The van der Waals surface area contributed by atoms with Gasteiger partial charge in [-0.25, -0.2) is 0 Å². The smallest absolute Gasteiger partial charge is 0.161 e. The first kappa shape index (κ1) is 34.8. The molecule has 3 aliphatic rings. The highest BCUT2D eigenvalue weighted by Gasteiger charge is 2.51. The van der Waals surface area contributed by atoms with Gasteiger partial charge in [-0.15, -0.1) is 0 Å². The van der Waals surface area contributed by atoms with Crippen molar-refractivity contribution in [3.8, 4) is 11.5 Å². The van der Waals surface area contributed by atoms with Crippen molar-refractivity contribution in [2.75, 3.05) is 40.5 Å². The van der Waals surface area contributed by atoms with E-state index in [4.69, 9.17) is 31.4 Å². The van der Waals surface area contributed by atoms with Crippen molar-refractivity contribution < 1.29 is 14.2 Å². The van der Waals surface area contributed by atoms with E-state index in [1.807, 2.05) is 12.1 Å². The lowest BCUT2D eigenvalue weighted by Gasteiger charge is -2.55. The minimum absolute atomic E-state index is 0.335. The lowest BCUT2D eigenvalue weighted by atomic mass is 9.50. The summed E-state index contributed by atoms with van der Waals surface area (Å²) in [4.78, 5) is 0. The summed E-state index contributed by atoms with van der Waals surface area (Å²) in [5.74, 6) is 2.84. The van der Waals surface area contributed by atoms with Gasteiger partial charge < -0.3 is 31.4 Å². The van der Waals surface area contributed by atoms with Crippen LogP contribution >= 0.6 is 15.9 Å². The van der Waals surface area contributed by atoms with Crippen LogP contribution in [-0.2, 0) is 23.0 Å². The molecule has 0 unspecified atom stereocenters. The predicted molar refractivity (Wildman–Crippen MR) is 179 cm³/mol. The van der Waals surface area contributed by atoms with Crippen LogP contribution in [0, 0.1) is 11.3 Å². The first-order valence-corrected chi connectivity index (χ1v) is 16.6. The van der Waals surface area contributed by atoms with Crippen LogP contribution in [0.3, 0.4) is 0 Å². The van der Waals surface area contributed by atoms with Crippen molar-refractivity contribution in [2.24, 2.45) is 28.5 Å². The average molecular weight is 647 g/mol. The van der Waals surface area contributed by atoms with Crippen molar-refractivity contribution >= 4 is 15.9 Å². The molecule has 6 N–H and O–H groups in total. The second-order valence-electron chi connectivity index (χ2n) is 13.0. The number of nitrogens with two attached hydrogens (primary N) is 3. The summed E-state index contributed by atoms with van der Waals surface area (Å²) in [7, 11) is 3.24. The molecular weight excluding hydrogens is 590 g/mol. The van der Waals surface area contributed by atoms with Gasteiger partial charge in [-0.1, -0.05) is 68.2 Å². The molecule has 1 aliphatic heterocycles. The summed E-state index contributed by atoms with van der Waals surface area (Å²) in [6, 6.07) is 11.1. The number of halogens is 1. The molecule has 1 heterocycles. The van der Waals surface area contributed by atoms with Gasteiger partial charge >= 0.3 is 0 Å². The topological polar surface area (TPSA) is 106 Å². The summed E-state index contributed by atoms with van der Waals surface area (Å²) in [6.45, 7) is 12.6. The van der Waals surface area contributed by atoms with Gasteiger partial charge in [0.2, 0.25) is 0 Å². The van der Waals surface area contributed by atoms with E-state index in [0.29, 0.717) is 35.9 Å². The largest absolute Gasteiger partial charge is 0.493 e.